The molecule has 2 aliphatic rings. The summed E-state index contributed by atoms with van der Waals surface area (Å²) in [7, 11) is 3.92. The molecule has 110 heavy (non-hydrogen) atoms. The van der Waals surface area contributed by atoms with Gasteiger partial charge in [-0.3, -0.25) is 34.7 Å². The van der Waals surface area contributed by atoms with Crippen LogP contribution in [0.25, 0.3) is 11.0 Å². The molecule has 2 aromatic heterocycles. The van der Waals surface area contributed by atoms with Gasteiger partial charge in [0.2, 0.25) is 0 Å². The zero-order valence-electron chi connectivity index (χ0n) is 63.7. The number of benzene rings is 6. The van der Waals surface area contributed by atoms with E-state index in [1.165, 1.54) is 64.9 Å². The van der Waals surface area contributed by atoms with Gasteiger partial charge in [0.15, 0.2) is 0 Å². The molecule has 4 heterocycles. The molecule has 0 unspecified atom stereocenters. The first kappa shape index (κ1) is 91.3. The Kier molecular flexibility index (Phi) is 36.9. The highest BCUT2D eigenvalue weighted by Crippen LogP contribution is 2.38. The zero-order chi connectivity index (χ0) is 81.8. The minimum absolute atomic E-state index is 0.0291. The number of nitro groups is 2. The number of phenols is 1. The molecule has 2 saturated heterocycles. The van der Waals surface area contributed by atoms with Gasteiger partial charge in [0.1, 0.15) is 17.1 Å². The highest BCUT2D eigenvalue weighted by Gasteiger charge is 2.30. The van der Waals surface area contributed by atoms with Crippen LogP contribution in [0.15, 0.2) is 118 Å². The second kappa shape index (κ2) is 44.5. The SMILES string of the molecule is CCc1c(Br)cc(N)cc1C(=O)OC.CCc1c(Br)cc(O)cc1C(=O)OC.CCc1c(Br)cc([N+](=O)[O-])cc1C(=O)O.CCc1c(Br)cc([N+](=O)[O-])cc1C(=O)OC.CCc1c(N(CC)C2CCOCC2)cc2oc(CN3CCCCC3)cc2c1C(=O)NCc1c(C)cc(C)[nH]c1=O.CCc1ccccc1C(=O)O. The van der Waals surface area contributed by atoms with Crippen molar-refractivity contribution in [2.45, 2.75) is 152 Å². The van der Waals surface area contributed by atoms with Gasteiger partial charge in [0.25, 0.3) is 22.8 Å². The van der Waals surface area contributed by atoms with E-state index >= 15 is 0 Å². The van der Waals surface area contributed by atoms with E-state index in [0.29, 0.717) is 85.3 Å². The number of non-ortho nitro benzene ring substituents is 2. The molecule has 6 aromatic carbocycles. The number of nitro benzene ring substituents is 2. The molecule has 7 N–H and O–H groups in total. The fraction of sp³-hybridized carbons (Fsp3) is 0.388. The van der Waals surface area contributed by atoms with Crippen molar-refractivity contribution < 1.29 is 77.3 Å². The number of carbonyl (C=O) groups excluding carboxylic acids is 4. The number of nitrogens with two attached hydrogens (primary N) is 1. The van der Waals surface area contributed by atoms with Crippen LogP contribution in [0.4, 0.5) is 22.7 Å². The second-order valence-electron chi connectivity index (χ2n) is 25.2. The Morgan fingerprint density at radius 2 is 1.10 bits per heavy atom. The van der Waals surface area contributed by atoms with E-state index < -0.39 is 33.7 Å². The maximum Gasteiger partial charge on any atom is 0.338 e. The summed E-state index contributed by atoms with van der Waals surface area (Å²) < 4.78 is 28.6. The van der Waals surface area contributed by atoms with Gasteiger partial charge in [-0.2, -0.15) is 0 Å². The summed E-state index contributed by atoms with van der Waals surface area (Å²) in [6, 6.07) is 25.0. The number of aryl methyl sites for hydroxylation is 3. The number of hydrogen-bond donors (Lipinski definition) is 6. The Balaban J connectivity index is 0.000000258. The third-order valence-electron chi connectivity index (χ3n) is 18.2. The molecule has 1 amide bonds. The highest BCUT2D eigenvalue weighted by molar-refractivity contribution is 9.11. The number of carboxylic acids is 2. The lowest BCUT2D eigenvalue weighted by Crippen LogP contribution is -2.40. The van der Waals surface area contributed by atoms with Crippen molar-refractivity contribution >= 4 is 133 Å². The van der Waals surface area contributed by atoms with Crippen molar-refractivity contribution in [3.05, 3.63) is 229 Å². The van der Waals surface area contributed by atoms with Crippen molar-refractivity contribution in [3.8, 4) is 5.75 Å². The maximum atomic E-state index is 14.0. The van der Waals surface area contributed by atoms with Crippen LogP contribution in [-0.2, 0) is 70.6 Å². The summed E-state index contributed by atoms with van der Waals surface area (Å²) in [6.45, 7) is 23.0. The number of halogens is 4. The van der Waals surface area contributed by atoms with Crippen LogP contribution in [0.2, 0.25) is 0 Å². The molecule has 2 aliphatic heterocycles. The molecule has 2 fully saturated rings. The van der Waals surface area contributed by atoms with Crippen LogP contribution in [-0.4, -0.2) is 131 Å². The summed E-state index contributed by atoms with van der Waals surface area (Å²) in [5.74, 6) is -2.58. The van der Waals surface area contributed by atoms with E-state index in [4.69, 9.17) is 25.1 Å². The van der Waals surface area contributed by atoms with Crippen molar-refractivity contribution in [2.24, 2.45) is 0 Å². The number of pyridine rings is 1. The van der Waals surface area contributed by atoms with Crippen molar-refractivity contribution in [2.75, 3.05) is 64.8 Å². The molecular formula is C80H95Br4N7O19. The van der Waals surface area contributed by atoms with Gasteiger partial charge in [-0.1, -0.05) is 130 Å². The van der Waals surface area contributed by atoms with Gasteiger partial charge in [-0.15, -0.1) is 0 Å². The number of phenolic OH excluding ortho intramolecular Hbond substituents is 1. The third-order valence-corrected chi connectivity index (χ3v) is 21.1. The average Bonchev–Trinajstić information content (AvgIpc) is 1.48. The van der Waals surface area contributed by atoms with Crippen LogP contribution in [0.5, 0.6) is 5.75 Å². The number of esters is 3. The molecule has 0 aliphatic carbocycles. The van der Waals surface area contributed by atoms with Gasteiger partial charge in [-0.05, 0) is 179 Å². The fourth-order valence-corrected chi connectivity index (χ4v) is 15.8. The van der Waals surface area contributed by atoms with Crippen LogP contribution in [0.3, 0.4) is 0 Å². The first-order valence-corrected chi connectivity index (χ1v) is 38.9. The molecule has 0 radical (unpaired) electrons. The predicted octanol–water partition coefficient (Wildman–Crippen LogP) is 17.4. The number of ether oxygens (including phenoxy) is 4. The third kappa shape index (κ3) is 24.8. The Labute approximate surface area is 672 Å². The minimum atomic E-state index is -1.16. The van der Waals surface area contributed by atoms with Gasteiger partial charge in [0, 0.05) is 109 Å². The number of piperidine rings is 1. The summed E-state index contributed by atoms with van der Waals surface area (Å²) in [5, 5.41) is 52.0. The Hall–Kier alpha value is -9.33. The number of likely N-dealkylation sites (tertiary alicyclic amines) is 1. The number of aromatic hydroxyl groups is 1. The van der Waals surface area contributed by atoms with Crippen molar-refractivity contribution in [3.63, 3.8) is 0 Å². The number of amides is 1. The molecule has 592 valence electrons. The topological polar surface area (TPSA) is 377 Å². The molecule has 0 spiro atoms. The van der Waals surface area contributed by atoms with Crippen LogP contribution < -0.4 is 21.5 Å². The number of aromatic carboxylic acids is 2. The number of nitrogens with one attached hydrogen (secondary N) is 2. The molecule has 0 saturated carbocycles. The van der Waals surface area contributed by atoms with Gasteiger partial charge >= 0.3 is 29.8 Å². The van der Waals surface area contributed by atoms with E-state index in [0.717, 1.165) is 136 Å². The summed E-state index contributed by atoms with van der Waals surface area (Å²) in [4.78, 5) is 110. The standard InChI is InChI=1S/C32H44N4O4.C10H10BrNO4.C10H12BrNO2.C10H11BrO3.C9H8BrNO4.C9H10O2/c1-5-25-28(36(6-2)23-10-14-39-15-11-23)18-29-26(17-24(40-29)20-35-12-8-7-9-13-35)30(25)32(38)33-19-27-21(3)16-22(4)34-31(27)37;1-3-7-8(10(13)16-2)4-6(12(14)15)5-9(7)11;2*1-3-7-8(10(13)14-2)4-6(12)5-9(7)11;1-2-6-7(9(12)13)3-5(11(14)15)4-8(6)10;1-2-7-5-3-4-6-8(7)9(10)11/h16-18,23H,5-15,19-20H2,1-4H3,(H,33,38)(H,34,37);4-5H,3H2,1-2H3;4-5H,3,12H2,1-2H3;4-5,12H,3H2,1-2H3;3-4H,2H2,1H3,(H,12,13);3-6H,2H2,1H3,(H,10,11). The quantitative estimate of drug-likeness (QED) is 0.0128. The van der Waals surface area contributed by atoms with Crippen LogP contribution in [0, 0.1) is 34.1 Å². The largest absolute Gasteiger partial charge is 0.508 e. The van der Waals surface area contributed by atoms with E-state index in [9.17, 15) is 58.9 Å². The Morgan fingerprint density at radius 1 is 0.618 bits per heavy atom. The van der Waals surface area contributed by atoms with E-state index in [2.05, 4.69) is 124 Å². The molecule has 30 heteroatoms. The van der Waals surface area contributed by atoms with Crippen molar-refractivity contribution in [1.82, 2.24) is 15.2 Å². The average molecular weight is 1780 g/mol. The smallest absolute Gasteiger partial charge is 0.338 e. The monoisotopic (exact) mass is 1770 g/mol. The number of aromatic amines is 1. The number of fused-ring (bicyclic) bond motifs is 1. The number of rotatable bonds is 21. The number of nitrogen functional groups attached to an aromatic ring is 1. The van der Waals surface area contributed by atoms with Crippen molar-refractivity contribution in [1.29, 1.82) is 0 Å². The number of hydrogen-bond acceptors (Lipinski definition) is 20. The molecule has 10 rings (SSSR count). The highest BCUT2D eigenvalue weighted by atomic mass is 79.9. The number of H-pyrrole nitrogens is 1. The molecule has 26 nitrogen and oxygen atoms in total. The fourth-order valence-electron chi connectivity index (χ4n) is 12.8. The summed E-state index contributed by atoms with van der Waals surface area (Å²) >= 11 is 13.0. The molecule has 0 atom stereocenters. The van der Waals surface area contributed by atoms with Gasteiger partial charge < -0.3 is 59.6 Å². The van der Waals surface area contributed by atoms with Gasteiger partial charge in [-0.25, -0.2) is 24.0 Å². The first-order valence-electron chi connectivity index (χ1n) is 35.8. The summed E-state index contributed by atoms with van der Waals surface area (Å²) in [6.07, 6.45) is 9.66. The summed E-state index contributed by atoms with van der Waals surface area (Å²) in [5.41, 5.74) is 16.9. The van der Waals surface area contributed by atoms with Crippen LogP contribution in [0.1, 0.15) is 199 Å². The van der Waals surface area contributed by atoms with E-state index in [1.54, 1.807) is 37.3 Å². The number of methoxy groups -OCH3 is 3. The molecule has 8 aromatic rings. The maximum absolute atomic E-state index is 14.0. The Morgan fingerprint density at radius 3 is 1.57 bits per heavy atom. The number of carboxylic acid groups (broad SMARTS) is 2. The lowest BCUT2D eigenvalue weighted by Gasteiger charge is -2.37. The second-order valence-corrected chi connectivity index (χ2v) is 28.7. The first-order chi connectivity index (χ1) is 52.3. The lowest BCUT2D eigenvalue weighted by atomic mass is 9.95. The molecule has 0 bridgehead atoms. The number of carbonyl (C=O) groups is 6. The lowest BCUT2D eigenvalue weighted by molar-refractivity contribution is -0.385. The predicted molar refractivity (Wildman–Crippen MR) is 437 cm³/mol. The van der Waals surface area contributed by atoms with Crippen LogP contribution >= 0.6 is 63.7 Å². The van der Waals surface area contributed by atoms with Gasteiger partial charge in [0.05, 0.1) is 71.1 Å². The Bertz CT molecular complexity index is 4590. The number of anilines is 2. The van der Waals surface area contributed by atoms with E-state index in [-0.39, 0.29) is 52.2 Å². The number of furan rings is 1. The normalized spacial score (nSPS) is 12.4. The molecular weight excluding hydrogens is 1680 g/mol. The number of nitrogens with zero attached hydrogens (tertiary/aromatic N) is 4. The zero-order valence-corrected chi connectivity index (χ0v) is 70.1. The number of aromatic nitrogens is 1. The van der Waals surface area contributed by atoms with E-state index in [1.807, 2.05) is 59.7 Å². The minimum Gasteiger partial charge on any atom is -0.508 e.